The van der Waals surface area contributed by atoms with Crippen molar-refractivity contribution in [2.45, 2.75) is 0 Å². The average molecular weight is 182 g/mol. The first-order valence-corrected chi connectivity index (χ1v) is 3.33. The van der Waals surface area contributed by atoms with E-state index in [1.807, 2.05) is 60.7 Å². The fraction of sp³-hybridized carbons (Fsp3) is 0. The molecule has 0 nitrogen and oxygen atoms in total. The molecular weight excluding hydrogens is 172 g/mol. The van der Waals surface area contributed by atoms with Crippen molar-refractivity contribution in [1.82, 2.24) is 0 Å². The fourth-order valence-electron chi connectivity index (χ4n) is 0.642. The molecule has 0 radical (unpaired) electrons. The van der Waals surface area contributed by atoms with E-state index < -0.39 is 0 Å². The first-order chi connectivity index (χ1) is 5.00. The van der Waals surface area contributed by atoms with Crippen molar-refractivity contribution in [3.63, 3.8) is 0 Å². The number of hydrogen-bond acceptors (Lipinski definition) is 0. The van der Waals surface area contributed by atoms with E-state index in [1.165, 1.54) is 0 Å². The Hall–Kier alpha value is -0.768. The molecule has 0 aliphatic carbocycles. The summed E-state index contributed by atoms with van der Waals surface area (Å²) in [5, 5.41) is 0. The van der Waals surface area contributed by atoms with Crippen molar-refractivity contribution in [3.05, 3.63) is 60.7 Å². The van der Waals surface area contributed by atoms with Gasteiger partial charge in [-0.2, -0.15) is 36.4 Å². The van der Waals surface area contributed by atoms with E-state index >= 15 is 0 Å². The molecule has 0 saturated heterocycles. The largest absolute Gasteiger partial charge is 0.214 e. The van der Waals surface area contributed by atoms with Gasteiger partial charge in [0.05, 0.1) is 0 Å². The van der Waals surface area contributed by atoms with Gasteiger partial charge in [-0.05, 0) is 0 Å². The summed E-state index contributed by atoms with van der Waals surface area (Å²) in [5.74, 6) is 0. The molecule has 0 aliphatic heterocycles. The predicted molar refractivity (Wildman–Crippen MR) is 44.1 cm³/mol. The summed E-state index contributed by atoms with van der Waals surface area (Å²) in [6.07, 6.45) is 0. The van der Waals surface area contributed by atoms with Gasteiger partial charge in [0.2, 0.25) is 0 Å². The van der Waals surface area contributed by atoms with Gasteiger partial charge < -0.3 is 0 Å². The maximum Gasteiger partial charge on any atom is 0 e. The minimum Gasteiger partial charge on any atom is -0.214 e. The Morgan fingerprint density at radius 2 is 0.818 bits per heavy atom. The fourth-order valence-corrected chi connectivity index (χ4v) is 0.642. The van der Waals surface area contributed by atoms with E-state index in [9.17, 15) is 0 Å². The quantitative estimate of drug-likeness (QED) is 0.549. The first kappa shape index (κ1) is 10.2. The summed E-state index contributed by atoms with van der Waals surface area (Å²) >= 11 is 0. The SMILES string of the molecule is [Cr].c1cc[cH-]c1.c1cc[cH-]c1. The Morgan fingerprint density at radius 1 is 0.545 bits per heavy atom. The molecule has 0 heterocycles. The summed E-state index contributed by atoms with van der Waals surface area (Å²) in [6.45, 7) is 0. The van der Waals surface area contributed by atoms with Crippen LogP contribution in [0.15, 0.2) is 60.7 Å². The van der Waals surface area contributed by atoms with Crippen LogP contribution in [0.3, 0.4) is 0 Å². The molecule has 0 saturated carbocycles. The second-order valence-corrected chi connectivity index (χ2v) is 1.92. The van der Waals surface area contributed by atoms with E-state index in [0.717, 1.165) is 0 Å². The zero-order chi connectivity index (χ0) is 7.07. The minimum atomic E-state index is 0. The van der Waals surface area contributed by atoms with Crippen LogP contribution in [-0.4, -0.2) is 0 Å². The van der Waals surface area contributed by atoms with Crippen LogP contribution in [0, 0.1) is 0 Å². The van der Waals surface area contributed by atoms with Gasteiger partial charge in [0.15, 0.2) is 0 Å². The molecule has 0 spiro atoms. The second kappa shape index (κ2) is 7.34. The number of rotatable bonds is 0. The van der Waals surface area contributed by atoms with Crippen LogP contribution >= 0.6 is 0 Å². The molecule has 2 rings (SSSR count). The summed E-state index contributed by atoms with van der Waals surface area (Å²) in [5.41, 5.74) is 0. The maximum atomic E-state index is 2.00. The van der Waals surface area contributed by atoms with Crippen molar-refractivity contribution in [3.8, 4) is 0 Å². The monoisotopic (exact) mass is 182 g/mol. The van der Waals surface area contributed by atoms with Gasteiger partial charge in [-0.1, -0.05) is 0 Å². The van der Waals surface area contributed by atoms with E-state index in [0.29, 0.717) is 0 Å². The van der Waals surface area contributed by atoms with Crippen molar-refractivity contribution < 1.29 is 17.4 Å². The molecule has 0 aliphatic rings. The first-order valence-electron chi connectivity index (χ1n) is 3.33. The molecule has 0 unspecified atom stereocenters. The van der Waals surface area contributed by atoms with Gasteiger partial charge in [-0.15, -0.1) is 0 Å². The van der Waals surface area contributed by atoms with Crippen LogP contribution in [0.4, 0.5) is 0 Å². The summed E-state index contributed by atoms with van der Waals surface area (Å²) < 4.78 is 0. The zero-order valence-corrected chi connectivity index (χ0v) is 7.46. The van der Waals surface area contributed by atoms with Crippen LogP contribution in [0.2, 0.25) is 0 Å². The summed E-state index contributed by atoms with van der Waals surface area (Å²) in [4.78, 5) is 0. The van der Waals surface area contributed by atoms with Gasteiger partial charge >= 0.3 is 0 Å². The van der Waals surface area contributed by atoms with Crippen molar-refractivity contribution in [2.24, 2.45) is 0 Å². The van der Waals surface area contributed by atoms with Gasteiger partial charge in [-0.25, -0.2) is 24.3 Å². The molecule has 0 aromatic heterocycles. The molecule has 0 amide bonds. The summed E-state index contributed by atoms with van der Waals surface area (Å²) in [7, 11) is 0. The van der Waals surface area contributed by atoms with Crippen molar-refractivity contribution in [1.29, 1.82) is 0 Å². The molecule has 58 valence electrons. The second-order valence-electron chi connectivity index (χ2n) is 1.92. The maximum absolute atomic E-state index is 2.00. The van der Waals surface area contributed by atoms with Gasteiger partial charge in [0.1, 0.15) is 0 Å². The third kappa shape index (κ3) is 5.67. The molecule has 0 bridgehead atoms. The molecular formula is C10H10Cr-2. The van der Waals surface area contributed by atoms with E-state index in [2.05, 4.69) is 0 Å². The van der Waals surface area contributed by atoms with Crippen LogP contribution in [0.1, 0.15) is 0 Å². The van der Waals surface area contributed by atoms with Crippen molar-refractivity contribution >= 4 is 0 Å². The Kier molecular flexibility index (Phi) is 6.83. The van der Waals surface area contributed by atoms with Crippen LogP contribution < -0.4 is 0 Å². The average Bonchev–Trinajstić information content (AvgIpc) is 2.67. The standard InChI is InChI=1S/2C5H5.Cr/c2*1-2-4-5-3-1;/h2*1-5H;/q2*-1;. The molecule has 0 atom stereocenters. The van der Waals surface area contributed by atoms with Gasteiger partial charge in [0, 0.05) is 17.4 Å². The van der Waals surface area contributed by atoms with Crippen LogP contribution in [0.5, 0.6) is 0 Å². The molecule has 11 heavy (non-hydrogen) atoms. The Morgan fingerprint density at radius 3 is 0.909 bits per heavy atom. The Bertz CT molecular complexity index is 144. The third-order valence-electron chi connectivity index (χ3n) is 1.11. The molecule has 2 aromatic carbocycles. The Balaban J connectivity index is 0.000000167. The van der Waals surface area contributed by atoms with Crippen molar-refractivity contribution in [2.75, 3.05) is 0 Å². The van der Waals surface area contributed by atoms with Gasteiger partial charge in [-0.3, -0.25) is 0 Å². The molecule has 0 N–H and O–H groups in total. The Labute approximate surface area is 78.3 Å². The smallest absolute Gasteiger partial charge is 0 e. The number of hydrogen-bond donors (Lipinski definition) is 0. The predicted octanol–water partition coefficient (Wildman–Crippen LogP) is 2.81. The van der Waals surface area contributed by atoms with E-state index in [1.54, 1.807) is 0 Å². The van der Waals surface area contributed by atoms with E-state index in [4.69, 9.17) is 0 Å². The van der Waals surface area contributed by atoms with E-state index in [-0.39, 0.29) is 17.4 Å². The van der Waals surface area contributed by atoms with Crippen LogP contribution in [0.25, 0.3) is 0 Å². The van der Waals surface area contributed by atoms with Gasteiger partial charge in [0.25, 0.3) is 0 Å². The topological polar surface area (TPSA) is 0 Å². The molecule has 1 heteroatoms. The minimum absolute atomic E-state index is 0. The summed E-state index contributed by atoms with van der Waals surface area (Å²) in [6, 6.07) is 20.0. The molecule has 2 aromatic rings. The zero-order valence-electron chi connectivity index (χ0n) is 6.18. The molecule has 0 fully saturated rings. The van der Waals surface area contributed by atoms with Crippen LogP contribution in [-0.2, 0) is 17.4 Å². The normalized spacial score (nSPS) is 7.27. The third-order valence-corrected chi connectivity index (χ3v) is 1.11.